The van der Waals surface area contributed by atoms with E-state index in [1.165, 1.54) is 3.57 Å². The Morgan fingerprint density at radius 2 is 2.07 bits per heavy atom. The second-order valence-corrected chi connectivity index (χ2v) is 4.18. The topological polar surface area (TPSA) is 33.4 Å². The molecular weight excluding hydrogens is 291 g/mol. The van der Waals surface area contributed by atoms with E-state index >= 15 is 0 Å². The van der Waals surface area contributed by atoms with E-state index in [0.717, 1.165) is 11.3 Å². The van der Waals surface area contributed by atoms with Gasteiger partial charge in [-0.15, -0.1) is 0 Å². The molecule has 1 aromatic carbocycles. The average Bonchev–Trinajstić information content (AvgIpc) is 2.66. The van der Waals surface area contributed by atoms with Crippen LogP contribution in [0.3, 0.4) is 0 Å². The van der Waals surface area contributed by atoms with Gasteiger partial charge in [0.25, 0.3) is 0 Å². The van der Waals surface area contributed by atoms with Gasteiger partial charge in [0.2, 0.25) is 0 Å². The maximum Gasteiger partial charge on any atom is 0.134 e. The summed E-state index contributed by atoms with van der Waals surface area (Å²) in [7, 11) is 0. The van der Waals surface area contributed by atoms with Crippen LogP contribution in [0.25, 0.3) is 11.3 Å². The van der Waals surface area contributed by atoms with Gasteiger partial charge >= 0.3 is 0 Å². The van der Waals surface area contributed by atoms with E-state index in [2.05, 4.69) is 22.6 Å². The minimum Gasteiger partial charge on any atom is -0.459 e. The van der Waals surface area contributed by atoms with Crippen molar-refractivity contribution in [1.82, 2.24) is 0 Å². The van der Waals surface area contributed by atoms with Crippen molar-refractivity contribution >= 4 is 22.6 Å². The number of benzene rings is 1. The largest absolute Gasteiger partial charge is 0.459 e. The lowest BCUT2D eigenvalue weighted by Gasteiger charge is -1.97. The van der Waals surface area contributed by atoms with Gasteiger partial charge in [0.1, 0.15) is 18.1 Å². The zero-order valence-corrected chi connectivity index (χ0v) is 9.56. The molecule has 0 aliphatic heterocycles. The number of hydrogen-bond donors (Lipinski definition) is 1. The number of aliphatic hydroxyl groups excluding tert-OH is 1. The molecule has 2 nitrogen and oxygen atoms in total. The van der Waals surface area contributed by atoms with E-state index in [9.17, 15) is 0 Å². The summed E-state index contributed by atoms with van der Waals surface area (Å²) < 4.78 is 6.59. The van der Waals surface area contributed by atoms with Crippen molar-refractivity contribution in [2.75, 3.05) is 0 Å². The van der Waals surface area contributed by atoms with Gasteiger partial charge in [-0.2, -0.15) is 0 Å². The van der Waals surface area contributed by atoms with Crippen LogP contribution in [0.1, 0.15) is 5.76 Å². The molecule has 0 unspecified atom stereocenters. The Hall–Kier alpha value is -0.810. The van der Waals surface area contributed by atoms with E-state index in [0.29, 0.717) is 5.76 Å². The van der Waals surface area contributed by atoms with Crippen molar-refractivity contribution in [3.63, 3.8) is 0 Å². The molecule has 1 aromatic heterocycles. The monoisotopic (exact) mass is 300 g/mol. The van der Waals surface area contributed by atoms with E-state index in [4.69, 9.17) is 9.52 Å². The molecule has 2 rings (SSSR count). The van der Waals surface area contributed by atoms with Crippen molar-refractivity contribution < 1.29 is 9.52 Å². The lowest BCUT2D eigenvalue weighted by atomic mass is 10.2. The minimum absolute atomic E-state index is 0.0517. The SMILES string of the molecule is OCc1ccc(-c2cccc(I)c2)o1. The standard InChI is InChI=1S/C11H9IO2/c12-9-3-1-2-8(6-9)11-5-4-10(7-13)14-11/h1-6,13H,7H2. The molecule has 0 bridgehead atoms. The molecule has 0 radical (unpaired) electrons. The molecule has 0 saturated heterocycles. The summed E-state index contributed by atoms with van der Waals surface area (Å²) in [6.07, 6.45) is 0. The second kappa shape index (κ2) is 4.14. The van der Waals surface area contributed by atoms with Crippen LogP contribution >= 0.6 is 22.6 Å². The van der Waals surface area contributed by atoms with E-state index in [1.54, 1.807) is 6.07 Å². The lowest BCUT2D eigenvalue weighted by Crippen LogP contribution is -1.76. The lowest BCUT2D eigenvalue weighted by molar-refractivity contribution is 0.248. The van der Waals surface area contributed by atoms with Gasteiger partial charge in [-0.3, -0.25) is 0 Å². The van der Waals surface area contributed by atoms with Crippen molar-refractivity contribution in [1.29, 1.82) is 0 Å². The smallest absolute Gasteiger partial charge is 0.134 e. The summed E-state index contributed by atoms with van der Waals surface area (Å²) in [5.41, 5.74) is 1.04. The predicted molar refractivity (Wildman–Crippen MR) is 62.8 cm³/mol. The van der Waals surface area contributed by atoms with Gasteiger partial charge in [0.05, 0.1) is 0 Å². The Balaban J connectivity index is 2.39. The maximum atomic E-state index is 8.86. The average molecular weight is 300 g/mol. The minimum atomic E-state index is -0.0517. The molecule has 0 spiro atoms. The number of halogens is 1. The molecule has 1 N–H and O–H groups in total. The Labute approximate surface area is 95.7 Å². The van der Waals surface area contributed by atoms with Gasteiger partial charge in [-0.05, 0) is 46.9 Å². The highest BCUT2D eigenvalue weighted by Gasteiger charge is 2.03. The van der Waals surface area contributed by atoms with Crippen LogP contribution in [-0.4, -0.2) is 5.11 Å². The Morgan fingerprint density at radius 1 is 1.21 bits per heavy atom. The fourth-order valence-corrected chi connectivity index (χ4v) is 1.80. The molecule has 14 heavy (non-hydrogen) atoms. The number of furan rings is 1. The van der Waals surface area contributed by atoms with Gasteiger partial charge in [-0.25, -0.2) is 0 Å². The normalized spacial score (nSPS) is 10.4. The summed E-state index contributed by atoms with van der Waals surface area (Å²) in [5, 5.41) is 8.86. The quantitative estimate of drug-likeness (QED) is 0.865. The van der Waals surface area contributed by atoms with Crippen molar-refractivity contribution in [3.8, 4) is 11.3 Å². The van der Waals surface area contributed by atoms with Crippen LogP contribution in [-0.2, 0) is 6.61 Å². The van der Waals surface area contributed by atoms with Crippen molar-refractivity contribution in [3.05, 3.63) is 45.7 Å². The van der Waals surface area contributed by atoms with E-state index in [-0.39, 0.29) is 6.61 Å². The first kappa shape index (κ1) is 9.73. The summed E-state index contributed by atoms with van der Waals surface area (Å²) in [6.45, 7) is -0.0517. The first-order valence-electron chi connectivity index (χ1n) is 4.25. The van der Waals surface area contributed by atoms with Crippen LogP contribution in [0.4, 0.5) is 0 Å². The molecular formula is C11H9IO2. The third kappa shape index (κ3) is 1.99. The zero-order valence-electron chi connectivity index (χ0n) is 7.40. The first-order valence-corrected chi connectivity index (χ1v) is 5.33. The Bertz CT molecular complexity index is 434. The molecule has 0 aliphatic rings. The zero-order chi connectivity index (χ0) is 9.97. The van der Waals surface area contributed by atoms with Crippen LogP contribution in [0.2, 0.25) is 0 Å². The molecule has 72 valence electrons. The van der Waals surface area contributed by atoms with Crippen molar-refractivity contribution in [2.24, 2.45) is 0 Å². The molecule has 3 heteroatoms. The highest BCUT2D eigenvalue weighted by Crippen LogP contribution is 2.23. The fraction of sp³-hybridized carbons (Fsp3) is 0.0909. The number of hydrogen-bond acceptors (Lipinski definition) is 2. The molecule has 2 aromatic rings. The molecule has 0 saturated carbocycles. The van der Waals surface area contributed by atoms with E-state index < -0.39 is 0 Å². The van der Waals surface area contributed by atoms with Crippen molar-refractivity contribution in [2.45, 2.75) is 6.61 Å². The maximum absolute atomic E-state index is 8.86. The Morgan fingerprint density at radius 3 is 2.71 bits per heavy atom. The van der Waals surface area contributed by atoms with Crippen LogP contribution in [0, 0.1) is 3.57 Å². The highest BCUT2D eigenvalue weighted by atomic mass is 127. The molecule has 0 atom stereocenters. The predicted octanol–water partition coefficient (Wildman–Crippen LogP) is 3.04. The third-order valence-corrected chi connectivity index (χ3v) is 2.60. The first-order chi connectivity index (χ1) is 6.79. The number of aliphatic hydroxyl groups is 1. The van der Waals surface area contributed by atoms with Gasteiger partial charge in [-0.1, -0.05) is 12.1 Å². The van der Waals surface area contributed by atoms with Crippen LogP contribution in [0.15, 0.2) is 40.8 Å². The third-order valence-electron chi connectivity index (χ3n) is 1.93. The van der Waals surface area contributed by atoms with Gasteiger partial charge < -0.3 is 9.52 Å². The molecule has 0 amide bonds. The van der Waals surface area contributed by atoms with Crippen LogP contribution < -0.4 is 0 Å². The molecule has 0 fully saturated rings. The van der Waals surface area contributed by atoms with Gasteiger partial charge in [0.15, 0.2) is 0 Å². The summed E-state index contributed by atoms with van der Waals surface area (Å²) in [6, 6.07) is 11.7. The van der Waals surface area contributed by atoms with Crippen LogP contribution in [0.5, 0.6) is 0 Å². The van der Waals surface area contributed by atoms with Gasteiger partial charge in [0, 0.05) is 9.13 Å². The number of rotatable bonds is 2. The summed E-state index contributed by atoms with van der Waals surface area (Å²) in [5.74, 6) is 1.39. The molecule has 0 aliphatic carbocycles. The summed E-state index contributed by atoms with van der Waals surface area (Å²) in [4.78, 5) is 0. The second-order valence-electron chi connectivity index (χ2n) is 2.93. The summed E-state index contributed by atoms with van der Waals surface area (Å²) >= 11 is 2.26. The highest BCUT2D eigenvalue weighted by molar-refractivity contribution is 14.1. The molecule has 1 heterocycles. The fourth-order valence-electron chi connectivity index (χ4n) is 1.26. The van der Waals surface area contributed by atoms with E-state index in [1.807, 2.05) is 30.3 Å². The Kier molecular flexibility index (Phi) is 2.88.